The number of fused-ring (bicyclic) bond motifs is 4. The first-order chi connectivity index (χ1) is 16.4. The molecule has 9 heteroatoms. The van der Waals surface area contributed by atoms with Crippen LogP contribution >= 0.6 is 0 Å². The van der Waals surface area contributed by atoms with E-state index in [4.69, 9.17) is 14.5 Å². The Kier molecular flexibility index (Phi) is 5.69. The lowest BCUT2D eigenvalue weighted by molar-refractivity contribution is 0.229. The normalized spacial score (nSPS) is 17.0. The first-order valence-electron chi connectivity index (χ1n) is 11.3. The number of sulfonamides is 1. The van der Waals surface area contributed by atoms with Gasteiger partial charge in [0, 0.05) is 43.4 Å². The van der Waals surface area contributed by atoms with E-state index < -0.39 is 10.0 Å². The summed E-state index contributed by atoms with van der Waals surface area (Å²) in [6, 6.07) is 13.1. The molecule has 2 heterocycles. The van der Waals surface area contributed by atoms with E-state index >= 15 is 0 Å². The van der Waals surface area contributed by atoms with Crippen LogP contribution in [0.4, 0.5) is 5.95 Å². The summed E-state index contributed by atoms with van der Waals surface area (Å²) in [4.78, 5) is 9.37. The molecule has 1 N–H and O–H groups in total. The second-order valence-corrected chi connectivity index (χ2v) is 10.7. The Bertz CT molecular complexity index is 1330. The van der Waals surface area contributed by atoms with Gasteiger partial charge in [0.05, 0.1) is 24.8 Å². The smallest absolute Gasteiger partial charge is 0.243 e. The number of methoxy groups -OCH3 is 2. The van der Waals surface area contributed by atoms with Crippen LogP contribution in [0.1, 0.15) is 24.0 Å². The molecule has 1 fully saturated rings. The van der Waals surface area contributed by atoms with Crippen molar-refractivity contribution in [3.63, 3.8) is 0 Å². The van der Waals surface area contributed by atoms with Gasteiger partial charge in [0.2, 0.25) is 16.0 Å². The maximum atomic E-state index is 13.4. The highest BCUT2D eigenvalue weighted by Crippen LogP contribution is 2.48. The number of piperidine rings is 1. The van der Waals surface area contributed by atoms with Crippen molar-refractivity contribution >= 4 is 16.0 Å². The van der Waals surface area contributed by atoms with Gasteiger partial charge in [-0.15, -0.1) is 0 Å². The minimum atomic E-state index is -3.66. The summed E-state index contributed by atoms with van der Waals surface area (Å²) in [5.74, 6) is 1.50. The monoisotopic (exact) mass is 480 g/mol. The van der Waals surface area contributed by atoms with Gasteiger partial charge < -0.3 is 14.8 Å². The molecular formula is C25H28N4O4S. The SMILES string of the molecule is CNc1ncc2c(n1)-c1ccccc1C1(CCN(S(=O)(=O)c3ccc(OC)c(OC)c3)CC1)C2. The van der Waals surface area contributed by atoms with E-state index in [1.165, 1.54) is 25.8 Å². The summed E-state index contributed by atoms with van der Waals surface area (Å²) in [5, 5.41) is 3.02. The highest BCUT2D eigenvalue weighted by atomic mass is 32.2. The Morgan fingerprint density at radius 2 is 1.76 bits per heavy atom. The van der Waals surface area contributed by atoms with E-state index in [-0.39, 0.29) is 10.3 Å². The van der Waals surface area contributed by atoms with Crippen molar-refractivity contribution in [1.29, 1.82) is 0 Å². The molecular weight excluding hydrogens is 452 g/mol. The minimum absolute atomic E-state index is 0.141. The number of hydrogen-bond acceptors (Lipinski definition) is 7. The summed E-state index contributed by atoms with van der Waals surface area (Å²) in [5.41, 5.74) is 4.28. The molecule has 0 unspecified atom stereocenters. The number of anilines is 1. The molecule has 1 saturated heterocycles. The number of rotatable bonds is 5. The molecule has 1 aromatic heterocycles. The van der Waals surface area contributed by atoms with Crippen LogP contribution in [-0.2, 0) is 21.9 Å². The van der Waals surface area contributed by atoms with Crippen LogP contribution in [0.3, 0.4) is 0 Å². The third-order valence-electron chi connectivity index (χ3n) is 7.04. The molecule has 0 saturated carbocycles. The molecule has 0 amide bonds. The lowest BCUT2D eigenvalue weighted by Gasteiger charge is -2.45. The molecule has 3 aromatic rings. The van der Waals surface area contributed by atoms with Crippen molar-refractivity contribution in [1.82, 2.24) is 14.3 Å². The van der Waals surface area contributed by atoms with Crippen molar-refractivity contribution < 1.29 is 17.9 Å². The zero-order valence-electron chi connectivity index (χ0n) is 19.5. The topological polar surface area (TPSA) is 93.7 Å². The second kappa shape index (κ2) is 8.56. The number of benzene rings is 2. The predicted octanol–water partition coefficient (Wildman–Crippen LogP) is 3.48. The lowest BCUT2D eigenvalue weighted by atomic mass is 9.64. The fourth-order valence-corrected chi connectivity index (χ4v) is 6.69. The van der Waals surface area contributed by atoms with Crippen molar-refractivity contribution in [2.45, 2.75) is 29.6 Å². The van der Waals surface area contributed by atoms with Gasteiger partial charge >= 0.3 is 0 Å². The van der Waals surface area contributed by atoms with Crippen LogP contribution in [0.15, 0.2) is 53.6 Å². The molecule has 0 radical (unpaired) electrons. The molecule has 1 aliphatic carbocycles. The number of nitrogens with one attached hydrogen (secondary N) is 1. The predicted molar refractivity (Wildman–Crippen MR) is 130 cm³/mol. The van der Waals surface area contributed by atoms with Crippen molar-refractivity contribution in [2.24, 2.45) is 0 Å². The summed E-state index contributed by atoms with van der Waals surface area (Å²) >= 11 is 0. The van der Waals surface area contributed by atoms with Gasteiger partial charge in [-0.25, -0.2) is 18.4 Å². The summed E-state index contributed by atoms with van der Waals surface area (Å²) in [6.45, 7) is 0.881. The van der Waals surface area contributed by atoms with E-state index in [1.807, 2.05) is 19.3 Å². The zero-order valence-corrected chi connectivity index (χ0v) is 20.4. The average Bonchev–Trinajstić information content (AvgIpc) is 2.88. The molecule has 0 atom stereocenters. The van der Waals surface area contributed by atoms with Gasteiger partial charge in [0.25, 0.3) is 0 Å². The number of aromatic nitrogens is 2. The molecule has 8 nitrogen and oxygen atoms in total. The van der Waals surface area contributed by atoms with Crippen LogP contribution in [0, 0.1) is 0 Å². The number of ether oxygens (including phenoxy) is 2. The van der Waals surface area contributed by atoms with E-state index in [0.717, 1.165) is 36.1 Å². The fraction of sp³-hybridized carbons (Fsp3) is 0.360. The quantitative estimate of drug-likeness (QED) is 0.598. The van der Waals surface area contributed by atoms with Crippen LogP contribution in [-0.4, -0.2) is 57.0 Å². The van der Waals surface area contributed by atoms with Gasteiger partial charge in [-0.2, -0.15) is 4.31 Å². The molecule has 1 spiro atoms. The van der Waals surface area contributed by atoms with Crippen LogP contribution < -0.4 is 14.8 Å². The highest BCUT2D eigenvalue weighted by molar-refractivity contribution is 7.89. The average molecular weight is 481 g/mol. The Morgan fingerprint density at radius 3 is 2.47 bits per heavy atom. The molecule has 5 rings (SSSR count). The zero-order chi connectivity index (χ0) is 23.9. The number of nitrogens with zero attached hydrogens (tertiary/aromatic N) is 3. The minimum Gasteiger partial charge on any atom is -0.493 e. The Hall–Kier alpha value is -3.17. The molecule has 1 aliphatic heterocycles. The van der Waals surface area contributed by atoms with Crippen molar-refractivity contribution in [3.05, 3.63) is 59.8 Å². The Labute approximate surface area is 200 Å². The van der Waals surface area contributed by atoms with Crippen LogP contribution in [0.2, 0.25) is 0 Å². The summed E-state index contributed by atoms with van der Waals surface area (Å²) < 4.78 is 39.0. The summed E-state index contributed by atoms with van der Waals surface area (Å²) in [6.07, 6.45) is 4.15. The highest BCUT2D eigenvalue weighted by Gasteiger charge is 2.44. The van der Waals surface area contributed by atoms with Crippen LogP contribution in [0.25, 0.3) is 11.3 Å². The maximum absolute atomic E-state index is 13.4. The first kappa shape index (κ1) is 22.6. The van der Waals surface area contributed by atoms with Gasteiger partial charge in [0.1, 0.15) is 0 Å². The maximum Gasteiger partial charge on any atom is 0.243 e. The largest absolute Gasteiger partial charge is 0.493 e. The first-order valence-corrected chi connectivity index (χ1v) is 12.7. The standard InChI is InChI=1S/C25H28N4O4S/c1-26-24-27-16-17-15-25(20-7-5-4-6-19(20)23(17)28-24)10-12-29(13-11-25)34(30,31)18-8-9-21(32-2)22(14-18)33-3/h4-9,14,16H,10-13,15H2,1-3H3,(H,26,27,28). The van der Waals surface area contributed by atoms with E-state index in [0.29, 0.717) is 30.5 Å². The Balaban J connectivity index is 1.44. The van der Waals surface area contributed by atoms with Gasteiger partial charge in [-0.1, -0.05) is 24.3 Å². The molecule has 2 aliphatic rings. The Morgan fingerprint density at radius 1 is 1.03 bits per heavy atom. The van der Waals surface area contributed by atoms with Gasteiger partial charge in [-0.3, -0.25) is 0 Å². The van der Waals surface area contributed by atoms with Gasteiger partial charge in [-0.05, 0) is 42.5 Å². The summed E-state index contributed by atoms with van der Waals surface area (Å²) in [7, 11) is 1.18. The van der Waals surface area contributed by atoms with Crippen molar-refractivity contribution in [3.8, 4) is 22.8 Å². The third-order valence-corrected chi connectivity index (χ3v) is 8.94. The van der Waals surface area contributed by atoms with Crippen LogP contribution in [0.5, 0.6) is 11.5 Å². The lowest BCUT2D eigenvalue weighted by Crippen LogP contribution is -2.47. The molecule has 0 bridgehead atoms. The molecule has 34 heavy (non-hydrogen) atoms. The second-order valence-electron chi connectivity index (χ2n) is 8.74. The fourth-order valence-electron chi connectivity index (χ4n) is 5.23. The third kappa shape index (κ3) is 3.59. The van der Waals surface area contributed by atoms with E-state index in [1.54, 1.807) is 16.4 Å². The molecule has 178 valence electrons. The van der Waals surface area contributed by atoms with E-state index in [9.17, 15) is 8.42 Å². The molecule has 2 aromatic carbocycles. The van der Waals surface area contributed by atoms with E-state index in [2.05, 4.69) is 28.5 Å². The van der Waals surface area contributed by atoms with Gasteiger partial charge in [0.15, 0.2) is 11.5 Å². The number of hydrogen-bond donors (Lipinski definition) is 1. The van der Waals surface area contributed by atoms with Crippen molar-refractivity contribution in [2.75, 3.05) is 39.7 Å².